The Bertz CT molecular complexity index is 892. The van der Waals surface area contributed by atoms with Crippen LogP contribution in [-0.4, -0.2) is 47.8 Å². The van der Waals surface area contributed by atoms with Gasteiger partial charge in [0.15, 0.2) is 0 Å². The van der Waals surface area contributed by atoms with Crippen molar-refractivity contribution in [3.8, 4) is 0 Å². The first kappa shape index (κ1) is 46.5. The van der Waals surface area contributed by atoms with Crippen LogP contribution in [0, 0.1) is 0 Å². The van der Waals surface area contributed by atoms with E-state index in [0.717, 1.165) is 44.9 Å². The Balaban J connectivity index is 4.33. The molecule has 0 aromatic heterocycles. The molecule has 0 rings (SSSR count). The minimum absolute atomic E-state index is 0.0766. The van der Waals surface area contributed by atoms with Gasteiger partial charge in [0.2, 0.25) is 5.91 Å². The molecule has 5 N–H and O–H groups in total. The van der Waals surface area contributed by atoms with Crippen molar-refractivity contribution in [3.05, 3.63) is 48.6 Å². The van der Waals surface area contributed by atoms with Crippen molar-refractivity contribution in [3.63, 3.8) is 0 Å². The largest absolute Gasteiger partial charge is 0.472 e. The lowest BCUT2D eigenvalue weighted by atomic mass is 10.0. The van der Waals surface area contributed by atoms with E-state index in [9.17, 15) is 19.4 Å². The monoisotopic (exact) mass is 697 g/mol. The van der Waals surface area contributed by atoms with Gasteiger partial charge in [0, 0.05) is 13.0 Å². The highest BCUT2D eigenvalue weighted by molar-refractivity contribution is 7.47. The van der Waals surface area contributed by atoms with Crippen LogP contribution in [0.15, 0.2) is 48.6 Å². The number of unbranched alkanes of at least 4 members (excludes halogenated alkanes) is 15. The first-order valence-electron chi connectivity index (χ1n) is 19.3. The molecule has 0 bridgehead atoms. The van der Waals surface area contributed by atoms with E-state index in [0.29, 0.717) is 12.8 Å². The predicted molar refractivity (Wildman–Crippen MR) is 203 cm³/mol. The zero-order valence-corrected chi connectivity index (χ0v) is 31.6. The number of carbonyl (C=O) groups is 1. The average molecular weight is 697 g/mol. The van der Waals surface area contributed by atoms with Gasteiger partial charge in [0.1, 0.15) is 0 Å². The molecular weight excluding hydrogens is 623 g/mol. The van der Waals surface area contributed by atoms with Gasteiger partial charge in [-0.1, -0.05) is 165 Å². The highest BCUT2D eigenvalue weighted by Crippen LogP contribution is 2.43. The van der Waals surface area contributed by atoms with Crippen LogP contribution < -0.4 is 11.1 Å². The molecule has 280 valence electrons. The zero-order valence-electron chi connectivity index (χ0n) is 30.7. The molecule has 48 heavy (non-hydrogen) atoms. The van der Waals surface area contributed by atoms with Crippen LogP contribution in [0.3, 0.4) is 0 Å². The second kappa shape index (κ2) is 35.3. The summed E-state index contributed by atoms with van der Waals surface area (Å²) in [6.07, 6.45) is 41.3. The Labute approximate surface area is 294 Å². The first-order valence-corrected chi connectivity index (χ1v) is 20.7. The van der Waals surface area contributed by atoms with E-state index in [1.165, 1.54) is 83.5 Å². The van der Waals surface area contributed by atoms with E-state index in [4.69, 9.17) is 14.8 Å². The average Bonchev–Trinajstić information content (AvgIpc) is 3.07. The third-order valence-corrected chi connectivity index (χ3v) is 9.19. The van der Waals surface area contributed by atoms with Crippen molar-refractivity contribution in [1.82, 2.24) is 5.32 Å². The Morgan fingerprint density at radius 1 is 0.708 bits per heavy atom. The molecule has 0 saturated heterocycles. The number of hydrogen-bond acceptors (Lipinski definition) is 6. The standard InChI is InChI=1S/C39H73N2O6P/c1-3-5-7-9-11-13-15-17-18-19-21-22-24-26-28-30-32-38(42)37(36-47-48(44,45)46-35-34-40)41-39(43)33-31-29-27-25-23-20-16-14-12-10-8-6-4-2/h6,8,12,14,20,23,27,29,37-38,42H,3-5,7,9-11,13,15-19,21-22,24-26,28,30-36,40H2,1-2H3,(H,41,43)(H,44,45)/b8-6-,14-12-,23-20-,29-27-. The molecule has 3 atom stereocenters. The molecule has 0 aromatic carbocycles. The highest BCUT2D eigenvalue weighted by Gasteiger charge is 2.27. The summed E-state index contributed by atoms with van der Waals surface area (Å²) < 4.78 is 22.1. The van der Waals surface area contributed by atoms with Gasteiger partial charge in [0.25, 0.3) is 0 Å². The lowest BCUT2D eigenvalue weighted by molar-refractivity contribution is -0.123. The van der Waals surface area contributed by atoms with Crippen molar-refractivity contribution in [2.75, 3.05) is 19.8 Å². The van der Waals surface area contributed by atoms with Gasteiger partial charge in [-0.2, -0.15) is 0 Å². The molecule has 0 heterocycles. The molecule has 8 nitrogen and oxygen atoms in total. The number of aliphatic hydroxyl groups excluding tert-OH is 1. The number of carbonyl (C=O) groups excluding carboxylic acids is 1. The van der Waals surface area contributed by atoms with Crippen LogP contribution in [0.25, 0.3) is 0 Å². The normalized spacial score (nSPS) is 14.9. The summed E-state index contributed by atoms with van der Waals surface area (Å²) in [5, 5.41) is 13.7. The van der Waals surface area contributed by atoms with Crippen molar-refractivity contribution in [2.45, 2.75) is 174 Å². The summed E-state index contributed by atoms with van der Waals surface area (Å²) in [5.41, 5.74) is 5.36. The molecule has 9 heteroatoms. The number of amides is 1. The summed E-state index contributed by atoms with van der Waals surface area (Å²) in [6, 6.07) is -0.812. The molecule has 0 saturated carbocycles. The molecule has 0 aliphatic carbocycles. The Hall–Kier alpha value is -1.54. The number of phosphoric acid groups is 1. The number of nitrogens with two attached hydrogens (primary N) is 1. The smallest absolute Gasteiger partial charge is 0.391 e. The van der Waals surface area contributed by atoms with E-state index >= 15 is 0 Å². The third-order valence-electron chi connectivity index (χ3n) is 8.21. The molecule has 0 aromatic rings. The first-order chi connectivity index (χ1) is 23.4. The molecule has 0 fully saturated rings. The maximum Gasteiger partial charge on any atom is 0.472 e. The number of nitrogens with one attached hydrogen (secondary N) is 1. The van der Waals surface area contributed by atoms with Crippen molar-refractivity contribution >= 4 is 13.7 Å². The number of phosphoric ester groups is 1. The molecule has 0 aliphatic heterocycles. The molecule has 0 spiro atoms. The van der Waals surface area contributed by atoms with Gasteiger partial charge in [-0.3, -0.25) is 13.8 Å². The van der Waals surface area contributed by atoms with E-state index in [-0.39, 0.29) is 32.1 Å². The van der Waals surface area contributed by atoms with Crippen LogP contribution in [0.4, 0.5) is 0 Å². The fourth-order valence-corrected chi connectivity index (χ4v) is 6.08. The zero-order chi connectivity index (χ0) is 35.4. The van der Waals surface area contributed by atoms with Crippen LogP contribution >= 0.6 is 7.82 Å². The fraction of sp³-hybridized carbons (Fsp3) is 0.769. The quantitative estimate of drug-likeness (QED) is 0.0295. The Kier molecular flexibility index (Phi) is 34.2. The number of rotatable bonds is 35. The molecular formula is C39H73N2O6P. The summed E-state index contributed by atoms with van der Waals surface area (Å²) in [6.45, 7) is 4.02. The SMILES string of the molecule is CC/C=C\C/C=C\C/C=C\C/C=C\CCC(=O)NC(COP(=O)(O)OCCN)C(O)CCCCCCCCCCCCCCCCCC. The number of allylic oxidation sites excluding steroid dienone is 8. The molecule has 0 aliphatic rings. The van der Waals surface area contributed by atoms with Crippen molar-refractivity contribution in [2.24, 2.45) is 5.73 Å². The maximum absolute atomic E-state index is 12.7. The van der Waals surface area contributed by atoms with Gasteiger partial charge in [-0.15, -0.1) is 0 Å². The van der Waals surface area contributed by atoms with Gasteiger partial charge >= 0.3 is 7.82 Å². The van der Waals surface area contributed by atoms with Crippen molar-refractivity contribution < 1.29 is 28.4 Å². The fourth-order valence-electron chi connectivity index (χ4n) is 5.32. The summed E-state index contributed by atoms with van der Waals surface area (Å²) in [5.74, 6) is -0.243. The summed E-state index contributed by atoms with van der Waals surface area (Å²) in [7, 11) is -4.33. The van der Waals surface area contributed by atoms with E-state index in [1.54, 1.807) is 0 Å². The number of aliphatic hydroxyl groups is 1. The molecule has 1 amide bonds. The van der Waals surface area contributed by atoms with E-state index in [2.05, 4.69) is 55.6 Å². The van der Waals surface area contributed by atoms with Gasteiger partial charge in [-0.25, -0.2) is 4.57 Å². The number of hydrogen-bond donors (Lipinski definition) is 4. The van der Waals surface area contributed by atoms with E-state index < -0.39 is 20.0 Å². The van der Waals surface area contributed by atoms with Crippen LogP contribution in [-0.2, 0) is 18.4 Å². The summed E-state index contributed by atoms with van der Waals surface area (Å²) >= 11 is 0. The van der Waals surface area contributed by atoms with Gasteiger partial charge in [0.05, 0.1) is 25.4 Å². The predicted octanol–water partition coefficient (Wildman–Crippen LogP) is 10.2. The molecule has 3 unspecified atom stereocenters. The third kappa shape index (κ3) is 33.0. The lowest BCUT2D eigenvalue weighted by Gasteiger charge is -2.25. The van der Waals surface area contributed by atoms with Gasteiger partial charge < -0.3 is 21.1 Å². The van der Waals surface area contributed by atoms with Crippen molar-refractivity contribution in [1.29, 1.82) is 0 Å². The lowest BCUT2D eigenvalue weighted by Crippen LogP contribution is -2.46. The highest BCUT2D eigenvalue weighted by atomic mass is 31.2. The van der Waals surface area contributed by atoms with Crippen LogP contribution in [0.1, 0.15) is 162 Å². The van der Waals surface area contributed by atoms with Gasteiger partial charge in [-0.05, 0) is 38.5 Å². The minimum Gasteiger partial charge on any atom is -0.391 e. The van der Waals surface area contributed by atoms with Crippen LogP contribution in [0.2, 0.25) is 0 Å². The molecule has 0 radical (unpaired) electrons. The summed E-state index contributed by atoms with van der Waals surface area (Å²) in [4.78, 5) is 22.6. The van der Waals surface area contributed by atoms with E-state index in [1.807, 2.05) is 12.2 Å². The second-order valence-electron chi connectivity index (χ2n) is 12.8. The topological polar surface area (TPSA) is 131 Å². The minimum atomic E-state index is -4.33. The Morgan fingerprint density at radius 2 is 1.17 bits per heavy atom. The van der Waals surface area contributed by atoms with Crippen LogP contribution in [0.5, 0.6) is 0 Å². The second-order valence-corrected chi connectivity index (χ2v) is 14.2. The maximum atomic E-state index is 12.7. The Morgan fingerprint density at radius 3 is 1.65 bits per heavy atom.